The standard InChI is InChI=1S/C21H27N3OS/c1-2-17-8-10-19(11-9-17)22-21(26)23-20(18-6-4-3-5-7-18)16-24-12-14-25-15-13-24/h3-11,20H,2,12-16H2,1H3,(H2,22,23,26)/p+1/t20-/m1/s1. The summed E-state index contributed by atoms with van der Waals surface area (Å²) in [7, 11) is 0. The lowest BCUT2D eigenvalue weighted by Gasteiger charge is -2.29. The molecule has 0 radical (unpaired) electrons. The highest BCUT2D eigenvalue weighted by Crippen LogP contribution is 2.13. The van der Waals surface area contributed by atoms with Gasteiger partial charge >= 0.3 is 0 Å². The maximum absolute atomic E-state index is 5.59. The van der Waals surface area contributed by atoms with Crippen LogP contribution < -0.4 is 15.5 Å². The summed E-state index contributed by atoms with van der Waals surface area (Å²) < 4.78 is 5.49. The van der Waals surface area contributed by atoms with Crippen molar-refractivity contribution in [3.05, 3.63) is 65.7 Å². The van der Waals surface area contributed by atoms with E-state index >= 15 is 0 Å². The van der Waals surface area contributed by atoms with Crippen LogP contribution in [0.25, 0.3) is 0 Å². The molecule has 1 saturated heterocycles. The fraction of sp³-hybridized carbons (Fsp3) is 0.381. The van der Waals surface area contributed by atoms with Crippen molar-refractivity contribution < 1.29 is 9.64 Å². The molecule has 2 aromatic rings. The molecule has 0 aliphatic carbocycles. The summed E-state index contributed by atoms with van der Waals surface area (Å²) in [5.74, 6) is 0. The Kier molecular flexibility index (Phi) is 7.00. The smallest absolute Gasteiger partial charge is 0.171 e. The molecular weight excluding hydrogens is 342 g/mol. The zero-order chi connectivity index (χ0) is 18.2. The van der Waals surface area contributed by atoms with Crippen molar-refractivity contribution in [3.63, 3.8) is 0 Å². The van der Waals surface area contributed by atoms with Gasteiger partial charge in [-0.1, -0.05) is 49.4 Å². The number of morpholine rings is 1. The summed E-state index contributed by atoms with van der Waals surface area (Å²) in [6.07, 6.45) is 1.04. The maximum atomic E-state index is 5.59. The van der Waals surface area contributed by atoms with Crippen LogP contribution >= 0.6 is 12.2 Å². The summed E-state index contributed by atoms with van der Waals surface area (Å²) in [6.45, 7) is 6.91. The van der Waals surface area contributed by atoms with Crippen molar-refractivity contribution in [1.29, 1.82) is 0 Å². The molecule has 0 unspecified atom stereocenters. The number of nitrogens with one attached hydrogen (secondary N) is 3. The van der Waals surface area contributed by atoms with Gasteiger partial charge in [0.15, 0.2) is 5.11 Å². The van der Waals surface area contributed by atoms with Gasteiger partial charge in [0.2, 0.25) is 0 Å². The van der Waals surface area contributed by atoms with Gasteiger partial charge in [0.1, 0.15) is 25.7 Å². The summed E-state index contributed by atoms with van der Waals surface area (Å²) >= 11 is 5.59. The summed E-state index contributed by atoms with van der Waals surface area (Å²) in [5.41, 5.74) is 3.61. The Morgan fingerprint density at radius 3 is 2.42 bits per heavy atom. The second kappa shape index (κ2) is 9.67. The maximum Gasteiger partial charge on any atom is 0.171 e. The van der Waals surface area contributed by atoms with Crippen LogP contribution in [0.3, 0.4) is 0 Å². The van der Waals surface area contributed by atoms with E-state index in [2.05, 4.69) is 66.1 Å². The summed E-state index contributed by atoms with van der Waals surface area (Å²) in [6, 6.07) is 19.2. The first kappa shape index (κ1) is 18.8. The van der Waals surface area contributed by atoms with Crippen LogP contribution in [0.2, 0.25) is 0 Å². The van der Waals surface area contributed by atoms with E-state index in [1.165, 1.54) is 11.1 Å². The number of rotatable bonds is 6. The molecule has 0 saturated carbocycles. The van der Waals surface area contributed by atoms with Crippen LogP contribution in [0.1, 0.15) is 24.1 Å². The van der Waals surface area contributed by atoms with E-state index in [0.29, 0.717) is 5.11 Å². The van der Waals surface area contributed by atoms with Gasteiger partial charge in [-0.25, -0.2) is 0 Å². The molecule has 4 nitrogen and oxygen atoms in total. The normalized spacial score (nSPS) is 16.0. The van der Waals surface area contributed by atoms with E-state index < -0.39 is 0 Å². The zero-order valence-corrected chi connectivity index (χ0v) is 16.1. The minimum Gasteiger partial charge on any atom is -0.370 e. The van der Waals surface area contributed by atoms with E-state index in [9.17, 15) is 0 Å². The van der Waals surface area contributed by atoms with Gasteiger partial charge in [-0.05, 0) is 41.9 Å². The van der Waals surface area contributed by atoms with Crippen molar-refractivity contribution in [2.75, 3.05) is 38.2 Å². The van der Waals surface area contributed by atoms with E-state index in [-0.39, 0.29) is 6.04 Å². The van der Waals surface area contributed by atoms with Gasteiger partial charge < -0.3 is 20.3 Å². The SMILES string of the molecule is CCc1ccc(NC(=S)N[C@H](C[NH+]2CCOCC2)c2ccccc2)cc1. The van der Waals surface area contributed by atoms with Crippen molar-refractivity contribution in [2.24, 2.45) is 0 Å². The average molecular weight is 371 g/mol. The molecule has 1 fully saturated rings. The number of hydrogen-bond donors (Lipinski definition) is 3. The van der Waals surface area contributed by atoms with Gasteiger partial charge in [-0.2, -0.15) is 0 Å². The van der Waals surface area contributed by atoms with Crippen LogP contribution in [-0.2, 0) is 11.2 Å². The topological polar surface area (TPSA) is 37.7 Å². The van der Waals surface area contributed by atoms with Crippen LogP contribution in [0.15, 0.2) is 54.6 Å². The third-order valence-electron chi connectivity index (χ3n) is 4.82. The predicted octanol–water partition coefficient (Wildman–Crippen LogP) is 2.19. The Balaban J connectivity index is 1.64. The highest BCUT2D eigenvalue weighted by atomic mass is 32.1. The van der Waals surface area contributed by atoms with Gasteiger partial charge in [0.05, 0.1) is 13.2 Å². The molecule has 0 bridgehead atoms. The Morgan fingerprint density at radius 2 is 1.77 bits per heavy atom. The molecule has 26 heavy (non-hydrogen) atoms. The Labute approximate surface area is 161 Å². The number of benzene rings is 2. The molecule has 2 aromatic carbocycles. The van der Waals surface area contributed by atoms with E-state index in [4.69, 9.17) is 17.0 Å². The third-order valence-corrected chi connectivity index (χ3v) is 5.04. The first-order valence-electron chi connectivity index (χ1n) is 9.37. The number of quaternary nitrogens is 1. The van der Waals surface area contributed by atoms with Crippen LogP contribution in [-0.4, -0.2) is 38.0 Å². The first-order valence-corrected chi connectivity index (χ1v) is 9.78. The van der Waals surface area contributed by atoms with E-state index in [0.717, 1.165) is 45.0 Å². The number of hydrogen-bond acceptors (Lipinski definition) is 2. The highest BCUT2D eigenvalue weighted by Gasteiger charge is 2.22. The Morgan fingerprint density at radius 1 is 1.08 bits per heavy atom. The molecule has 138 valence electrons. The van der Waals surface area contributed by atoms with Crippen molar-refractivity contribution in [3.8, 4) is 0 Å². The number of thiocarbonyl (C=S) groups is 1. The third kappa shape index (κ3) is 5.53. The number of ether oxygens (including phenoxy) is 1. The second-order valence-corrected chi connectivity index (χ2v) is 7.09. The second-order valence-electron chi connectivity index (χ2n) is 6.68. The monoisotopic (exact) mass is 370 g/mol. The Bertz CT molecular complexity index is 684. The lowest BCUT2D eigenvalue weighted by molar-refractivity contribution is -0.909. The lowest BCUT2D eigenvalue weighted by Crippen LogP contribution is -3.14. The zero-order valence-electron chi connectivity index (χ0n) is 15.3. The summed E-state index contributed by atoms with van der Waals surface area (Å²) in [5, 5.41) is 7.50. The van der Waals surface area contributed by atoms with E-state index in [1.807, 2.05) is 6.07 Å². The van der Waals surface area contributed by atoms with Gasteiger partial charge in [-0.3, -0.25) is 0 Å². The highest BCUT2D eigenvalue weighted by molar-refractivity contribution is 7.80. The molecular formula is C21H28N3OS+. The van der Waals surface area contributed by atoms with Crippen LogP contribution in [0.4, 0.5) is 5.69 Å². The van der Waals surface area contributed by atoms with Crippen molar-refractivity contribution in [1.82, 2.24) is 5.32 Å². The van der Waals surface area contributed by atoms with Crippen LogP contribution in [0.5, 0.6) is 0 Å². The molecule has 1 heterocycles. The van der Waals surface area contributed by atoms with Gasteiger partial charge in [-0.15, -0.1) is 0 Å². The average Bonchev–Trinajstić information content (AvgIpc) is 2.69. The van der Waals surface area contributed by atoms with Crippen LogP contribution in [0, 0.1) is 0 Å². The summed E-state index contributed by atoms with van der Waals surface area (Å²) in [4.78, 5) is 1.55. The number of aryl methyl sites for hydroxylation is 1. The molecule has 1 atom stereocenters. The quantitative estimate of drug-likeness (QED) is 0.682. The molecule has 0 spiro atoms. The lowest BCUT2D eigenvalue weighted by atomic mass is 10.1. The van der Waals surface area contributed by atoms with Gasteiger partial charge in [0.25, 0.3) is 0 Å². The van der Waals surface area contributed by atoms with Gasteiger partial charge in [0, 0.05) is 5.69 Å². The largest absolute Gasteiger partial charge is 0.370 e. The molecule has 1 aliphatic rings. The minimum absolute atomic E-state index is 0.180. The number of anilines is 1. The van der Waals surface area contributed by atoms with Crippen molar-refractivity contribution in [2.45, 2.75) is 19.4 Å². The molecule has 1 aliphatic heterocycles. The fourth-order valence-corrected chi connectivity index (χ4v) is 3.50. The molecule has 3 rings (SSSR count). The molecule has 5 heteroatoms. The predicted molar refractivity (Wildman–Crippen MR) is 111 cm³/mol. The molecule has 0 amide bonds. The van der Waals surface area contributed by atoms with E-state index in [1.54, 1.807) is 4.90 Å². The fourth-order valence-electron chi connectivity index (χ4n) is 3.24. The molecule has 3 N–H and O–H groups in total. The first-order chi connectivity index (χ1) is 12.7. The minimum atomic E-state index is 0.180. The Hall–Kier alpha value is -1.95. The molecule has 0 aromatic heterocycles. The van der Waals surface area contributed by atoms with Crippen molar-refractivity contribution >= 4 is 23.0 Å².